The molecule has 9 nitrogen and oxygen atoms in total. The number of furan rings is 1. The number of ether oxygens (including phenoxy) is 3. The van der Waals surface area contributed by atoms with E-state index in [1.54, 1.807) is 96.3 Å². The van der Waals surface area contributed by atoms with Crippen LogP contribution in [0, 0.1) is 0 Å². The number of carbonyl (C=O) groups is 2. The number of esters is 2. The molecule has 0 amide bonds. The van der Waals surface area contributed by atoms with Gasteiger partial charge < -0.3 is 18.6 Å². The van der Waals surface area contributed by atoms with Gasteiger partial charge in [0.15, 0.2) is 4.80 Å². The molecule has 0 radical (unpaired) electrons. The highest BCUT2D eigenvalue weighted by Gasteiger charge is 2.34. The lowest BCUT2D eigenvalue weighted by Crippen LogP contribution is -2.40. The van der Waals surface area contributed by atoms with Crippen LogP contribution in [-0.4, -0.2) is 35.8 Å². The molecule has 1 aliphatic heterocycles. The minimum absolute atomic E-state index is 0.271. The summed E-state index contributed by atoms with van der Waals surface area (Å²) in [6.45, 7) is 8.80. The highest BCUT2D eigenvalue weighted by molar-refractivity contribution is 7.07. The number of halogens is 1. The smallest absolute Gasteiger partial charge is 0.339 e. The summed E-state index contributed by atoms with van der Waals surface area (Å²) >= 11 is 7.42. The van der Waals surface area contributed by atoms with E-state index < -0.39 is 18.0 Å². The zero-order valence-electron chi connectivity index (χ0n) is 25.0. The van der Waals surface area contributed by atoms with Crippen LogP contribution in [0.25, 0.3) is 17.4 Å². The fraction of sp³-hybridized carbons (Fsp3) is 0.273. The fourth-order valence-electron chi connectivity index (χ4n) is 4.87. The van der Waals surface area contributed by atoms with E-state index in [2.05, 4.69) is 4.99 Å². The van der Waals surface area contributed by atoms with Crippen LogP contribution in [0.4, 0.5) is 0 Å². The molecule has 1 atom stereocenters. The average molecular weight is 635 g/mol. The topological polar surface area (TPSA) is 109 Å². The van der Waals surface area contributed by atoms with E-state index in [0.29, 0.717) is 54.0 Å². The second-order valence-corrected chi connectivity index (χ2v) is 12.1. The van der Waals surface area contributed by atoms with Crippen LogP contribution in [0.5, 0.6) is 5.75 Å². The van der Waals surface area contributed by atoms with Crippen molar-refractivity contribution in [3.05, 3.63) is 107 Å². The zero-order valence-corrected chi connectivity index (χ0v) is 26.6. The summed E-state index contributed by atoms with van der Waals surface area (Å²) in [5.41, 5.74) is 1.81. The van der Waals surface area contributed by atoms with Crippen molar-refractivity contribution in [1.29, 1.82) is 0 Å². The molecule has 11 heteroatoms. The molecule has 0 unspecified atom stereocenters. The first-order valence-electron chi connectivity index (χ1n) is 13.9. The van der Waals surface area contributed by atoms with Crippen molar-refractivity contribution in [2.75, 3.05) is 7.11 Å². The SMILES string of the molecule is COc1cccc([C@H]2C(C(=O)OC(C)C)=C(C)N=c3s/c(=C\c4ccc(-c5cc(Cl)ccc5C(=O)OC(C)C)o4)c(=O)n32)c1. The Bertz CT molecular complexity index is 1970. The summed E-state index contributed by atoms with van der Waals surface area (Å²) in [4.78, 5) is 45.1. The molecular formula is C33H31ClN2O7S. The average Bonchev–Trinajstić information content (AvgIpc) is 3.55. The third-order valence-corrected chi connectivity index (χ3v) is 7.92. The molecule has 0 bridgehead atoms. The van der Waals surface area contributed by atoms with Crippen molar-refractivity contribution in [2.24, 2.45) is 4.99 Å². The van der Waals surface area contributed by atoms with Gasteiger partial charge in [0.2, 0.25) is 0 Å². The van der Waals surface area contributed by atoms with Crippen molar-refractivity contribution in [3.8, 4) is 17.1 Å². The molecule has 0 aliphatic carbocycles. The Morgan fingerprint density at radius 3 is 2.45 bits per heavy atom. The number of carbonyl (C=O) groups excluding carboxylic acids is 2. The normalized spacial score (nSPS) is 14.9. The Morgan fingerprint density at radius 1 is 1.02 bits per heavy atom. The Kier molecular flexibility index (Phi) is 8.94. The van der Waals surface area contributed by atoms with Crippen molar-refractivity contribution in [3.63, 3.8) is 0 Å². The first kappa shape index (κ1) is 31.0. The van der Waals surface area contributed by atoms with Gasteiger partial charge >= 0.3 is 11.9 Å². The fourth-order valence-corrected chi connectivity index (χ4v) is 6.07. The molecular weight excluding hydrogens is 604 g/mol. The van der Waals surface area contributed by atoms with Gasteiger partial charge in [-0.3, -0.25) is 9.36 Å². The molecule has 2 aromatic heterocycles. The Labute approximate surface area is 262 Å². The Balaban J connectivity index is 1.61. The molecule has 0 saturated heterocycles. The van der Waals surface area contributed by atoms with Gasteiger partial charge in [-0.1, -0.05) is 35.1 Å². The van der Waals surface area contributed by atoms with Gasteiger partial charge in [-0.15, -0.1) is 0 Å². The monoisotopic (exact) mass is 634 g/mol. The predicted molar refractivity (Wildman–Crippen MR) is 168 cm³/mol. The standard InChI is InChI=1S/C33H31ClN2O7S/c1-17(2)41-31(38)24-12-10-21(34)15-25(24)26-13-11-23(43-26)16-27-30(37)36-29(20-8-7-9-22(14-20)40-6)28(32(39)42-18(3)4)19(5)35-33(36)44-27/h7-18,29H,1-6H3/b27-16-/t29-/m0/s1. The molecule has 1 aliphatic rings. The molecule has 5 rings (SSSR count). The van der Waals surface area contributed by atoms with Gasteiger partial charge in [-0.2, -0.15) is 0 Å². The summed E-state index contributed by atoms with van der Waals surface area (Å²) < 4.78 is 24.3. The van der Waals surface area contributed by atoms with Gasteiger partial charge in [-0.05, 0) is 82.6 Å². The number of nitrogens with zero attached hydrogens (tertiary/aromatic N) is 2. The van der Waals surface area contributed by atoms with Crippen LogP contribution in [-0.2, 0) is 14.3 Å². The van der Waals surface area contributed by atoms with Crippen LogP contribution < -0.4 is 19.6 Å². The number of allylic oxidation sites excluding steroid dienone is 1. The zero-order chi connectivity index (χ0) is 31.7. The maximum Gasteiger partial charge on any atom is 0.339 e. The Morgan fingerprint density at radius 2 is 1.75 bits per heavy atom. The van der Waals surface area contributed by atoms with Crippen LogP contribution in [0.1, 0.15) is 62.3 Å². The first-order valence-corrected chi connectivity index (χ1v) is 15.1. The lowest BCUT2D eigenvalue weighted by Gasteiger charge is -2.25. The first-order chi connectivity index (χ1) is 21.0. The molecule has 228 valence electrons. The van der Waals surface area contributed by atoms with Crippen LogP contribution >= 0.6 is 22.9 Å². The van der Waals surface area contributed by atoms with Gasteiger partial charge in [0.1, 0.15) is 17.3 Å². The largest absolute Gasteiger partial charge is 0.497 e. The van der Waals surface area contributed by atoms with E-state index in [9.17, 15) is 14.4 Å². The van der Waals surface area contributed by atoms with Crippen molar-refractivity contribution in [2.45, 2.75) is 52.9 Å². The second kappa shape index (κ2) is 12.7. The number of hydrogen-bond acceptors (Lipinski definition) is 9. The van der Waals surface area contributed by atoms with Crippen LogP contribution in [0.3, 0.4) is 0 Å². The van der Waals surface area contributed by atoms with E-state index in [0.717, 1.165) is 0 Å². The highest BCUT2D eigenvalue weighted by Crippen LogP contribution is 2.33. The van der Waals surface area contributed by atoms with Crippen molar-refractivity contribution in [1.82, 2.24) is 4.57 Å². The van der Waals surface area contributed by atoms with Crippen molar-refractivity contribution >= 4 is 41.0 Å². The second-order valence-electron chi connectivity index (χ2n) is 10.7. The van der Waals surface area contributed by atoms with Crippen LogP contribution in [0.2, 0.25) is 5.02 Å². The lowest BCUT2D eigenvalue weighted by molar-refractivity contribution is -0.143. The third-order valence-electron chi connectivity index (χ3n) is 6.70. The molecule has 0 spiro atoms. The van der Waals surface area contributed by atoms with Gasteiger partial charge in [-0.25, -0.2) is 14.6 Å². The van der Waals surface area contributed by atoms with E-state index in [4.69, 9.17) is 30.2 Å². The quantitative estimate of drug-likeness (QED) is 0.230. The number of hydrogen-bond donors (Lipinski definition) is 0. The number of methoxy groups -OCH3 is 1. The third kappa shape index (κ3) is 6.27. The van der Waals surface area contributed by atoms with Crippen LogP contribution in [0.15, 0.2) is 80.1 Å². The predicted octanol–water partition coefficient (Wildman–Crippen LogP) is 5.67. The highest BCUT2D eigenvalue weighted by atomic mass is 35.5. The minimum Gasteiger partial charge on any atom is -0.497 e. The molecule has 0 fully saturated rings. The van der Waals surface area contributed by atoms with E-state index in [1.807, 2.05) is 6.07 Å². The number of benzene rings is 2. The summed E-state index contributed by atoms with van der Waals surface area (Å²) in [7, 11) is 1.55. The summed E-state index contributed by atoms with van der Waals surface area (Å²) in [6.07, 6.45) is 0.943. The lowest BCUT2D eigenvalue weighted by atomic mass is 9.95. The minimum atomic E-state index is -0.789. The molecule has 0 saturated carbocycles. The molecule has 3 heterocycles. The summed E-state index contributed by atoms with van der Waals surface area (Å²) in [5.74, 6) is 0.286. The van der Waals surface area contributed by atoms with Gasteiger partial charge in [0.25, 0.3) is 5.56 Å². The Hall–Kier alpha value is -4.41. The molecule has 0 N–H and O–H groups in total. The molecule has 2 aromatic carbocycles. The van der Waals surface area contributed by atoms with E-state index >= 15 is 0 Å². The molecule has 44 heavy (non-hydrogen) atoms. The van der Waals surface area contributed by atoms with Gasteiger partial charge in [0.05, 0.1) is 46.7 Å². The summed E-state index contributed by atoms with van der Waals surface area (Å²) in [6, 6.07) is 14.6. The number of thiazole rings is 1. The summed E-state index contributed by atoms with van der Waals surface area (Å²) in [5, 5.41) is 0.423. The maximum atomic E-state index is 14.0. The molecule has 4 aromatic rings. The van der Waals surface area contributed by atoms with Gasteiger partial charge in [0, 0.05) is 16.7 Å². The van der Waals surface area contributed by atoms with E-state index in [-0.39, 0.29) is 23.3 Å². The number of aromatic nitrogens is 1. The van der Waals surface area contributed by atoms with E-state index in [1.165, 1.54) is 15.9 Å². The maximum absolute atomic E-state index is 14.0. The number of rotatable bonds is 8. The number of fused-ring (bicyclic) bond motifs is 1. The van der Waals surface area contributed by atoms with Crippen molar-refractivity contribution < 1.29 is 28.2 Å².